The van der Waals surface area contributed by atoms with Crippen LogP contribution in [0, 0.1) is 11.8 Å². The minimum Gasteiger partial charge on any atom is -0.314 e. The fourth-order valence-corrected chi connectivity index (χ4v) is 3.32. The normalized spacial score (nSPS) is 28.5. The van der Waals surface area contributed by atoms with Gasteiger partial charge in [0.15, 0.2) is 0 Å². The van der Waals surface area contributed by atoms with Crippen molar-refractivity contribution in [2.24, 2.45) is 11.8 Å². The number of nitrogens with zero attached hydrogens (tertiary/aromatic N) is 1. The predicted octanol–water partition coefficient (Wildman–Crippen LogP) is 4.06. The van der Waals surface area contributed by atoms with Crippen molar-refractivity contribution in [3.05, 3.63) is 0 Å². The first-order valence-electron chi connectivity index (χ1n) is 8.67. The minimum absolute atomic E-state index is 0.296. The van der Waals surface area contributed by atoms with E-state index in [4.69, 9.17) is 0 Å². The smallest absolute Gasteiger partial charge is 0.0391 e. The van der Waals surface area contributed by atoms with E-state index in [-0.39, 0.29) is 0 Å². The van der Waals surface area contributed by atoms with E-state index in [0.29, 0.717) is 30.0 Å². The molecule has 0 amide bonds. The zero-order chi connectivity index (χ0) is 15.1. The molecule has 120 valence electrons. The summed E-state index contributed by atoms with van der Waals surface area (Å²) in [7, 11) is 0. The van der Waals surface area contributed by atoms with Crippen LogP contribution >= 0.6 is 0 Å². The van der Waals surface area contributed by atoms with E-state index in [9.17, 15) is 5.21 Å². The first-order valence-corrected chi connectivity index (χ1v) is 8.67. The van der Waals surface area contributed by atoms with Crippen LogP contribution in [0.3, 0.4) is 0 Å². The molecule has 0 bridgehead atoms. The number of hydrogen-bond donors (Lipinski definition) is 2. The molecular formula is C17H36N2O. The topological polar surface area (TPSA) is 35.5 Å². The summed E-state index contributed by atoms with van der Waals surface area (Å²) in [5.74, 6) is 1.01. The van der Waals surface area contributed by atoms with Crippen molar-refractivity contribution in [2.75, 3.05) is 6.54 Å². The fraction of sp³-hybridized carbons (Fsp3) is 1.00. The van der Waals surface area contributed by atoms with Crippen LogP contribution in [0.1, 0.15) is 73.1 Å². The molecule has 0 aromatic rings. The number of rotatable bonds is 8. The summed E-state index contributed by atoms with van der Waals surface area (Å²) in [6.45, 7) is 12.3. The Hall–Kier alpha value is -0.120. The summed E-state index contributed by atoms with van der Waals surface area (Å²) in [5.41, 5.74) is 0. The number of nitrogens with one attached hydrogen (secondary N) is 1. The van der Waals surface area contributed by atoms with Gasteiger partial charge in [-0.05, 0) is 37.6 Å². The van der Waals surface area contributed by atoms with E-state index in [0.717, 1.165) is 19.4 Å². The highest BCUT2D eigenvalue weighted by Crippen LogP contribution is 2.30. The van der Waals surface area contributed by atoms with Gasteiger partial charge < -0.3 is 10.5 Å². The number of hydrogen-bond acceptors (Lipinski definition) is 3. The van der Waals surface area contributed by atoms with Crippen LogP contribution in [-0.2, 0) is 0 Å². The molecule has 1 saturated heterocycles. The molecule has 0 aromatic heterocycles. The summed E-state index contributed by atoms with van der Waals surface area (Å²) in [4.78, 5) is 0. The van der Waals surface area contributed by atoms with Gasteiger partial charge in [0.05, 0.1) is 0 Å². The van der Waals surface area contributed by atoms with Crippen molar-refractivity contribution < 1.29 is 5.21 Å². The highest BCUT2D eigenvalue weighted by molar-refractivity contribution is 4.90. The molecule has 2 N–H and O–H groups in total. The molecule has 0 saturated carbocycles. The molecule has 20 heavy (non-hydrogen) atoms. The first kappa shape index (κ1) is 17.9. The quantitative estimate of drug-likeness (QED) is 0.660. The maximum Gasteiger partial charge on any atom is 0.0391 e. The largest absolute Gasteiger partial charge is 0.314 e. The lowest BCUT2D eigenvalue weighted by Crippen LogP contribution is -2.56. The Kier molecular flexibility index (Phi) is 8.08. The van der Waals surface area contributed by atoms with Gasteiger partial charge in [0, 0.05) is 18.1 Å². The predicted molar refractivity (Wildman–Crippen MR) is 86.0 cm³/mol. The summed E-state index contributed by atoms with van der Waals surface area (Å²) in [6.07, 6.45) is 7.42. The van der Waals surface area contributed by atoms with Crippen molar-refractivity contribution in [1.29, 1.82) is 0 Å². The van der Waals surface area contributed by atoms with Crippen LogP contribution < -0.4 is 5.32 Å². The summed E-state index contributed by atoms with van der Waals surface area (Å²) >= 11 is 0. The van der Waals surface area contributed by atoms with E-state index in [1.807, 2.05) is 0 Å². The molecule has 0 aromatic carbocycles. The second-order valence-electron chi connectivity index (χ2n) is 7.19. The SMILES string of the molecule is CCCCCCNC1CC(C(C)C)N(O)C(C(C)C)C1. The molecule has 2 unspecified atom stereocenters. The Labute approximate surface area is 126 Å². The molecule has 3 nitrogen and oxygen atoms in total. The molecule has 1 aliphatic heterocycles. The van der Waals surface area contributed by atoms with Gasteiger partial charge in [0.1, 0.15) is 0 Å². The summed E-state index contributed by atoms with van der Waals surface area (Å²) in [6, 6.07) is 1.16. The third kappa shape index (κ3) is 5.34. The minimum atomic E-state index is 0.296. The Balaban J connectivity index is 2.46. The molecule has 3 heteroatoms. The molecule has 0 radical (unpaired) electrons. The van der Waals surface area contributed by atoms with Gasteiger partial charge in [-0.1, -0.05) is 53.9 Å². The summed E-state index contributed by atoms with van der Waals surface area (Å²) in [5, 5.41) is 15.8. The average Bonchev–Trinajstić information content (AvgIpc) is 2.39. The molecule has 0 aliphatic carbocycles. The second kappa shape index (κ2) is 9.01. The average molecular weight is 284 g/mol. The molecule has 0 spiro atoms. The lowest BCUT2D eigenvalue weighted by molar-refractivity contribution is -0.201. The van der Waals surface area contributed by atoms with Gasteiger partial charge in [-0.2, -0.15) is 5.06 Å². The van der Waals surface area contributed by atoms with Crippen LogP contribution in [0.25, 0.3) is 0 Å². The van der Waals surface area contributed by atoms with Gasteiger partial charge in [0.25, 0.3) is 0 Å². The van der Waals surface area contributed by atoms with E-state index in [2.05, 4.69) is 39.9 Å². The van der Waals surface area contributed by atoms with E-state index in [1.165, 1.54) is 25.7 Å². The maximum absolute atomic E-state index is 10.4. The highest BCUT2D eigenvalue weighted by atomic mass is 16.5. The lowest BCUT2D eigenvalue weighted by atomic mass is 9.83. The first-order chi connectivity index (χ1) is 9.47. The van der Waals surface area contributed by atoms with E-state index in [1.54, 1.807) is 5.06 Å². The van der Waals surface area contributed by atoms with E-state index >= 15 is 0 Å². The number of unbranched alkanes of at least 4 members (excludes halogenated alkanes) is 3. The third-order valence-corrected chi connectivity index (χ3v) is 4.73. The molecular weight excluding hydrogens is 248 g/mol. The lowest BCUT2D eigenvalue weighted by Gasteiger charge is -2.45. The maximum atomic E-state index is 10.4. The van der Waals surface area contributed by atoms with Gasteiger partial charge >= 0.3 is 0 Å². The highest BCUT2D eigenvalue weighted by Gasteiger charge is 2.37. The van der Waals surface area contributed by atoms with Crippen molar-refractivity contribution >= 4 is 0 Å². The van der Waals surface area contributed by atoms with Crippen molar-refractivity contribution in [3.8, 4) is 0 Å². The van der Waals surface area contributed by atoms with Crippen LogP contribution in [-0.4, -0.2) is 34.9 Å². The molecule has 2 atom stereocenters. The molecule has 1 rings (SSSR count). The fourth-order valence-electron chi connectivity index (χ4n) is 3.32. The second-order valence-corrected chi connectivity index (χ2v) is 7.19. The van der Waals surface area contributed by atoms with Crippen LogP contribution in [0.2, 0.25) is 0 Å². The van der Waals surface area contributed by atoms with E-state index < -0.39 is 0 Å². The van der Waals surface area contributed by atoms with Crippen molar-refractivity contribution in [3.63, 3.8) is 0 Å². The van der Waals surface area contributed by atoms with Gasteiger partial charge in [-0.25, -0.2) is 0 Å². The standard InChI is InChI=1S/C17H36N2O/c1-6-7-8-9-10-18-15-11-16(13(2)3)19(20)17(12-15)14(4)5/h13-18,20H,6-12H2,1-5H3. The van der Waals surface area contributed by atoms with Gasteiger partial charge in [-0.3, -0.25) is 0 Å². The van der Waals surface area contributed by atoms with Crippen LogP contribution in [0.5, 0.6) is 0 Å². The van der Waals surface area contributed by atoms with Crippen LogP contribution in [0.4, 0.5) is 0 Å². The Morgan fingerprint density at radius 3 is 2.00 bits per heavy atom. The zero-order valence-corrected chi connectivity index (χ0v) is 14.2. The van der Waals surface area contributed by atoms with Crippen molar-refractivity contribution in [1.82, 2.24) is 10.4 Å². The Bertz CT molecular complexity index is 237. The number of hydroxylamine groups is 2. The summed E-state index contributed by atoms with van der Waals surface area (Å²) < 4.78 is 0. The Morgan fingerprint density at radius 1 is 1.00 bits per heavy atom. The third-order valence-electron chi connectivity index (χ3n) is 4.73. The van der Waals surface area contributed by atoms with Gasteiger partial charge in [-0.15, -0.1) is 0 Å². The molecule has 1 fully saturated rings. The zero-order valence-electron chi connectivity index (χ0n) is 14.2. The molecule has 1 aliphatic rings. The van der Waals surface area contributed by atoms with Crippen LogP contribution in [0.15, 0.2) is 0 Å². The molecule has 1 heterocycles. The van der Waals surface area contributed by atoms with Crippen molar-refractivity contribution in [2.45, 2.75) is 91.3 Å². The Morgan fingerprint density at radius 2 is 1.55 bits per heavy atom. The number of piperidine rings is 1. The van der Waals surface area contributed by atoms with Gasteiger partial charge in [0.2, 0.25) is 0 Å². The monoisotopic (exact) mass is 284 g/mol.